The minimum Gasteiger partial charge on any atom is -0.496 e. The molecule has 0 radical (unpaired) electrons. The smallest absolute Gasteiger partial charge is 0.128 e. The highest BCUT2D eigenvalue weighted by molar-refractivity contribution is 5.82. The van der Waals surface area contributed by atoms with Crippen molar-refractivity contribution < 1.29 is 23.6 Å². The second-order valence-electron chi connectivity index (χ2n) is 15.0. The van der Waals surface area contributed by atoms with E-state index >= 15 is 0 Å². The van der Waals surface area contributed by atoms with Crippen LogP contribution in [0.5, 0.6) is 5.75 Å². The molecule has 0 saturated heterocycles. The summed E-state index contributed by atoms with van der Waals surface area (Å²) in [5.74, 6) is 0.547. The predicted octanol–water partition coefficient (Wildman–Crippen LogP) is 14.7. The minimum absolute atomic E-state index is 0.000663. The van der Waals surface area contributed by atoms with Gasteiger partial charge in [0.25, 0.3) is 0 Å². The topological polar surface area (TPSA) is 35.9 Å². The number of benzene rings is 8. The lowest BCUT2D eigenvalue weighted by Gasteiger charge is -2.39. The van der Waals surface area contributed by atoms with Gasteiger partial charge in [-0.1, -0.05) is 147 Å². The Hall–Kier alpha value is -6.88. The number of hydrogen-bond donors (Lipinski definition) is 1. The molecule has 296 valence electrons. The molecule has 1 aliphatic carbocycles. The molecule has 0 unspecified atom stereocenters. The van der Waals surface area contributed by atoms with Gasteiger partial charge in [-0.15, -0.1) is 0 Å². The molecule has 1 aliphatic rings. The molecule has 60 heavy (non-hydrogen) atoms. The maximum Gasteiger partial charge on any atom is 0.128 e. The van der Waals surface area contributed by atoms with Gasteiger partial charge in [-0.05, 0) is 119 Å². The lowest BCUT2D eigenvalue weighted by Crippen LogP contribution is -2.30. The molecule has 0 amide bonds. The van der Waals surface area contributed by atoms with E-state index < -0.39 is 41.7 Å². The van der Waals surface area contributed by atoms with E-state index in [1.165, 1.54) is 0 Å². The Morgan fingerprint density at radius 3 is 1.43 bits per heavy atom. The fourth-order valence-electron chi connectivity index (χ4n) is 8.71. The van der Waals surface area contributed by atoms with Crippen LogP contribution < -0.4 is 14.5 Å². The second-order valence-corrected chi connectivity index (χ2v) is 15.0. The zero-order valence-electron chi connectivity index (χ0n) is 43.3. The largest absolute Gasteiger partial charge is 0.496 e. The van der Waals surface area contributed by atoms with Crippen molar-refractivity contribution in [2.24, 2.45) is 0 Å². The van der Waals surface area contributed by atoms with Gasteiger partial charge in [0.15, 0.2) is 0 Å². The van der Waals surface area contributed by atoms with Crippen molar-refractivity contribution in [3.05, 3.63) is 223 Å². The lowest BCUT2D eigenvalue weighted by molar-refractivity contribution is 0.282. The molecule has 0 spiro atoms. The molecule has 4 nitrogen and oxygen atoms in total. The van der Waals surface area contributed by atoms with Crippen LogP contribution in [0, 0.1) is 0 Å². The highest BCUT2D eigenvalue weighted by Gasteiger charge is 2.36. The number of ether oxygens (including phenoxy) is 1. The van der Waals surface area contributed by atoms with E-state index in [9.17, 15) is 5.11 Å². The van der Waals surface area contributed by atoms with Crippen molar-refractivity contribution in [3.63, 3.8) is 0 Å². The number of nitrogens with zero attached hydrogens (tertiary/aromatic N) is 2. The van der Waals surface area contributed by atoms with Crippen LogP contribution in [0.4, 0.5) is 34.1 Å². The Labute approximate surface area is 368 Å². The maximum atomic E-state index is 10.6. The third kappa shape index (κ3) is 7.70. The monoisotopic (exact) mass is 792 g/mol. The van der Waals surface area contributed by atoms with Crippen LogP contribution in [0.25, 0.3) is 22.3 Å². The first-order valence-electron chi connectivity index (χ1n) is 25.3. The minimum atomic E-state index is -0.494. The average Bonchev–Trinajstić information content (AvgIpc) is 3.41. The number of aliphatic hydroxyl groups excluding tert-OH is 1. The second kappa shape index (κ2) is 17.5. The summed E-state index contributed by atoms with van der Waals surface area (Å²) in [6.07, 6.45) is 4.68. The first-order valence-corrected chi connectivity index (χ1v) is 20.3. The standard InChI is InChI=1S/C56H50N2O2/c1-60-55-40-52(34-36-54(55)43-19-9-3-10-20-43)58(48-23-13-5-14-24-48)50-31-27-46(28-32-50)56(37-15-6-16-38-56)45-25-29-49(30-26-45)57(47-21-11-4-12-22-47)51-33-35-53(44(39-51)41-59)42-17-7-2-8-18-42/h2-5,7-14,17-36,39-40,59H,6,15-16,37-38,41H2,1H3/i4D,5D,11D,12D,13D,14D,21D,22D,23D,24D. The fourth-order valence-corrected chi connectivity index (χ4v) is 8.71. The van der Waals surface area contributed by atoms with E-state index in [2.05, 4.69) is 12.1 Å². The van der Waals surface area contributed by atoms with E-state index in [1.807, 2.05) is 127 Å². The molecule has 0 aromatic heterocycles. The van der Waals surface area contributed by atoms with Crippen LogP contribution in [0.2, 0.25) is 0 Å². The summed E-state index contributed by atoms with van der Waals surface area (Å²) >= 11 is 0. The highest BCUT2D eigenvalue weighted by Crippen LogP contribution is 2.48. The first-order chi connectivity index (χ1) is 33.8. The van der Waals surface area contributed by atoms with Crippen molar-refractivity contribution >= 4 is 34.1 Å². The Bertz CT molecular complexity index is 2950. The van der Waals surface area contributed by atoms with Crippen molar-refractivity contribution in [2.75, 3.05) is 16.9 Å². The normalized spacial score (nSPS) is 15.7. The molecule has 1 N–H and O–H groups in total. The zero-order chi connectivity index (χ0) is 49.4. The fraction of sp³-hybridized carbons (Fsp3) is 0.143. The number of anilines is 6. The van der Waals surface area contributed by atoms with Gasteiger partial charge in [0.1, 0.15) is 5.75 Å². The summed E-state index contributed by atoms with van der Waals surface area (Å²) in [5.41, 5.74) is 7.88. The maximum absolute atomic E-state index is 10.6. The molecule has 8 aromatic carbocycles. The Morgan fingerprint density at radius 2 is 0.950 bits per heavy atom. The zero-order valence-corrected chi connectivity index (χ0v) is 33.3. The summed E-state index contributed by atoms with van der Waals surface area (Å²) in [4.78, 5) is 3.35. The SMILES string of the molecule is [2H]c1c([2H])c([2H])c(N(c2ccc(C3(c4ccc(N(c5ccc(-c6ccccc6)c(OC)c5)c5c([2H])c([2H])c([2H])c([2H])c5[2H])cc4)CCCCC3)cc2)c2ccc(-c3ccccc3)c(CO)c2)c([2H])c1[2H]. The van der Waals surface area contributed by atoms with E-state index in [1.54, 1.807) is 23.0 Å². The molecule has 4 heteroatoms. The number of para-hydroxylation sites is 2. The molecule has 1 fully saturated rings. The van der Waals surface area contributed by atoms with Crippen LogP contribution in [-0.2, 0) is 12.0 Å². The summed E-state index contributed by atoms with van der Waals surface area (Å²) in [5, 5.41) is 10.6. The Morgan fingerprint density at radius 1 is 0.500 bits per heavy atom. The molecule has 9 rings (SSSR count). The first kappa shape index (κ1) is 28.5. The summed E-state index contributed by atoms with van der Waals surface area (Å²) in [6.45, 7) is -0.290. The van der Waals surface area contributed by atoms with Crippen LogP contribution in [-0.4, -0.2) is 12.2 Å². The van der Waals surface area contributed by atoms with Gasteiger partial charge in [0.05, 0.1) is 27.4 Å². The van der Waals surface area contributed by atoms with Gasteiger partial charge in [-0.25, -0.2) is 0 Å². The molecule has 0 aliphatic heterocycles. The molecule has 1 saturated carbocycles. The average molecular weight is 793 g/mol. The molecule has 0 heterocycles. The third-order valence-corrected chi connectivity index (χ3v) is 11.6. The van der Waals surface area contributed by atoms with Gasteiger partial charge in [0.2, 0.25) is 0 Å². The van der Waals surface area contributed by atoms with Crippen molar-refractivity contribution in [1.29, 1.82) is 0 Å². The summed E-state index contributed by atoms with van der Waals surface area (Å²) < 4.78 is 93.2. The molecular weight excluding hydrogens is 733 g/mol. The Kier molecular flexibility index (Phi) is 8.34. The lowest BCUT2D eigenvalue weighted by atomic mass is 9.65. The van der Waals surface area contributed by atoms with Gasteiger partial charge >= 0.3 is 0 Å². The van der Waals surface area contributed by atoms with Crippen LogP contribution >= 0.6 is 0 Å². The molecule has 0 atom stereocenters. The summed E-state index contributed by atoms with van der Waals surface area (Å²) in [6, 6.07) is 42.2. The van der Waals surface area contributed by atoms with Gasteiger partial charge in [0, 0.05) is 51.2 Å². The number of methoxy groups -OCH3 is 1. The van der Waals surface area contributed by atoms with Crippen LogP contribution in [0.1, 0.15) is 62.5 Å². The van der Waals surface area contributed by atoms with E-state index in [4.69, 9.17) is 18.4 Å². The highest BCUT2D eigenvalue weighted by atomic mass is 16.5. The third-order valence-electron chi connectivity index (χ3n) is 11.6. The quantitative estimate of drug-likeness (QED) is 0.134. The molecular formula is C56H50N2O2. The van der Waals surface area contributed by atoms with Gasteiger partial charge < -0.3 is 19.6 Å². The van der Waals surface area contributed by atoms with E-state index in [-0.39, 0.29) is 42.2 Å². The Balaban J connectivity index is 1.15. The van der Waals surface area contributed by atoms with Crippen molar-refractivity contribution in [3.8, 4) is 28.0 Å². The van der Waals surface area contributed by atoms with Crippen molar-refractivity contribution in [1.82, 2.24) is 0 Å². The predicted molar refractivity (Wildman–Crippen MR) is 249 cm³/mol. The van der Waals surface area contributed by atoms with Gasteiger partial charge in [-0.2, -0.15) is 0 Å². The number of hydrogen-bond acceptors (Lipinski definition) is 4. The van der Waals surface area contributed by atoms with Crippen molar-refractivity contribution in [2.45, 2.75) is 44.1 Å². The van der Waals surface area contributed by atoms with E-state index in [0.29, 0.717) is 34.1 Å². The van der Waals surface area contributed by atoms with Gasteiger partial charge in [-0.3, -0.25) is 0 Å². The molecule has 8 aromatic rings. The van der Waals surface area contributed by atoms with Crippen LogP contribution in [0.3, 0.4) is 0 Å². The number of aliphatic hydroxyl groups is 1. The van der Waals surface area contributed by atoms with Crippen LogP contribution in [0.15, 0.2) is 206 Å². The molecule has 0 bridgehead atoms. The van der Waals surface area contributed by atoms with E-state index in [0.717, 1.165) is 65.5 Å². The number of rotatable bonds is 12. The summed E-state index contributed by atoms with van der Waals surface area (Å²) in [7, 11) is 1.58.